The van der Waals surface area contributed by atoms with Crippen LogP contribution in [0.4, 0.5) is 23.2 Å². The van der Waals surface area contributed by atoms with Gasteiger partial charge in [-0.05, 0) is 57.0 Å². The first kappa shape index (κ1) is 25.4. The minimum Gasteiger partial charge on any atom is -0.480 e. The fourth-order valence-corrected chi connectivity index (χ4v) is 4.35. The van der Waals surface area contributed by atoms with E-state index < -0.39 is 46.7 Å². The van der Waals surface area contributed by atoms with E-state index in [-0.39, 0.29) is 0 Å². The largest absolute Gasteiger partial charge is 0.480 e. The molecular weight excluding hydrogens is 506 g/mol. The van der Waals surface area contributed by atoms with E-state index >= 15 is 4.39 Å². The predicted molar refractivity (Wildman–Crippen MR) is 131 cm³/mol. The summed E-state index contributed by atoms with van der Waals surface area (Å²) < 4.78 is 62.8. The molecule has 1 amide bonds. The number of nitrogens with one attached hydrogen (secondary N) is 1. The second-order valence-electron chi connectivity index (χ2n) is 9.10. The van der Waals surface area contributed by atoms with E-state index in [2.05, 4.69) is 15.4 Å². The van der Waals surface area contributed by atoms with Crippen LogP contribution in [0.25, 0.3) is 16.6 Å². The van der Waals surface area contributed by atoms with Crippen molar-refractivity contribution < 1.29 is 27.1 Å². The lowest BCUT2D eigenvalue weighted by Gasteiger charge is -2.20. The molecule has 0 spiro atoms. The van der Waals surface area contributed by atoms with Gasteiger partial charge in [0.25, 0.3) is 5.91 Å². The number of carbonyl (C=O) groups excluding carboxylic acids is 1. The van der Waals surface area contributed by atoms with Crippen molar-refractivity contribution in [2.24, 2.45) is 0 Å². The number of anilines is 1. The van der Waals surface area contributed by atoms with Crippen LogP contribution in [0.2, 0.25) is 0 Å². The van der Waals surface area contributed by atoms with Gasteiger partial charge in [-0.2, -0.15) is 17.9 Å². The fourth-order valence-electron chi connectivity index (χ4n) is 4.35. The molecule has 0 bridgehead atoms. The van der Waals surface area contributed by atoms with Gasteiger partial charge in [0, 0.05) is 30.1 Å². The monoisotopic (exact) mass is 529 g/mol. The lowest BCUT2D eigenvalue weighted by atomic mass is 10.1. The van der Waals surface area contributed by atoms with Gasteiger partial charge >= 0.3 is 11.9 Å². The van der Waals surface area contributed by atoms with Crippen molar-refractivity contribution in [2.45, 2.75) is 51.9 Å². The number of carbonyl (C=O) groups is 1. The first-order chi connectivity index (χ1) is 18.0. The maximum Gasteiger partial charge on any atom is 0.425 e. The number of pyridine rings is 1. The van der Waals surface area contributed by atoms with Crippen molar-refractivity contribution in [3.8, 4) is 11.4 Å². The van der Waals surface area contributed by atoms with Crippen molar-refractivity contribution in [3.63, 3.8) is 0 Å². The number of amides is 1. The Labute approximate surface area is 213 Å². The molecule has 5 rings (SSSR count). The molecule has 2 aromatic carbocycles. The average Bonchev–Trinajstić information content (AvgIpc) is 3.20. The number of rotatable bonds is 5. The minimum atomic E-state index is -4.76. The predicted octanol–water partition coefficient (Wildman–Crippen LogP) is 4.95. The number of benzene rings is 2. The number of hydrogen-bond acceptors (Lipinski definition) is 5. The Morgan fingerprint density at radius 2 is 1.95 bits per heavy atom. The third kappa shape index (κ3) is 4.73. The fraction of sp³-hybridized carbons (Fsp3) is 0.308. The quantitative estimate of drug-likeness (QED) is 0.370. The summed E-state index contributed by atoms with van der Waals surface area (Å²) in [6.07, 6.45) is -5.01. The molecule has 0 fully saturated rings. The molecule has 198 valence electrons. The van der Waals surface area contributed by atoms with Crippen LogP contribution in [-0.2, 0) is 13.0 Å². The Balaban J connectivity index is 1.58. The van der Waals surface area contributed by atoms with Crippen molar-refractivity contribution in [3.05, 3.63) is 75.8 Å². The van der Waals surface area contributed by atoms with Gasteiger partial charge in [0.05, 0.1) is 16.8 Å². The summed E-state index contributed by atoms with van der Waals surface area (Å²) in [6.45, 7) is 2.98. The lowest BCUT2D eigenvalue weighted by Crippen LogP contribution is -2.32. The van der Waals surface area contributed by atoms with Crippen LogP contribution in [0.1, 0.15) is 41.6 Å². The number of halogens is 4. The van der Waals surface area contributed by atoms with Crippen molar-refractivity contribution in [2.75, 3.05) is 5.32 Å². The summed E-state index contributed by atoms with van der Waals surface area (Å²) >= 11 is 0. The van der Waals surface area contributed by atoms with Crippen molar-refractivity contribution >= 4 is 22.5 Å². The zero-order chi connectivity index (χ0) is 27.2. The lowest BCUT2D eigenvalue weighted by molar-refractivity contribution is -0.189. The highest BCUT2D eigenvalue weighted by atomic mass is 19.4. The molecule has 0 saturated heterocycles. The second-order valence-corrected chi connectivity index (χ2v) is 9.10. The summed E-state index contributed by atoms with van der Waals surface area (Å²) in [5.74, 6) is -2.01. The smallest absolute Gasteiger partial charge is 0.425 e. The first-order valence-corrected chi connectivity index (χ1v) is 12.0. The normalized spacial score (nSPS) is 14.3. The van der Waals surface area contributed by atoms with Crippen LogP contribution in [0.3, 0.4) is 0 Å². The Morgan fingerprint density at radius 1 is 1.16 bits per heavy atom. The van der Waals surface area contributed by atoms with Gasteiger partial charge in [0.2, 0.25) is 0 Å². The van der Waals surface area contributed by atoms with E-state index in [1.165, 1.54) is 4.57 Å². The number of aromatic nitrogens is 4. The van der Waals surface area contributed by atoms with E-state index in [0.717, 1.165) is 42.3 Å². The maximum atomic E-state index is 15.4. The zero-order valence-corrected chi connectivity index (χ0v) is 20.5. The summed E-state index contributed by atoms with van der Waals surface area (Å²) in [4.78, 5) is 30.5. The average molecular weight is 529 g/mol. The van der Waals surface area contributed by atoms with Crippen LogP contribution in [0.5, 0.6) is 5.75 Å². The molecule has 4 aromatic rings. The zero-order valence-electron chi connectivity index (χ0n) is 20.5. The molecule has 8 nitrogen and oxygen atoms in total. The molecule has 0 radical (unpaired) electrons. The topological polar surface area (TPSA) is 91.0 Å². The van der Waals surface area contributed by atoms with Gasteiger partial charge in [-0.15, -0.1) is 5.10 Å². The summed E-state index contributed by atoms with van der Waals surface area (Å²) in [7, 11) is 0. The van der Waals surface area contributed by atoms with Gasteiger partial charge in [-0.25, -0.2) is 9.18 Å². The Morgan fingerprint density at radius 3 is 2.68 bits per heavy atom. The summed E-state index contributed by atoms with van der Waals surface area (Å²) in [5.41, 5.74) is 0.168. The first-order valence-electron chi connectivity index (χ1n) is 12.0. The number of nitrogens with zero attached hydrogens (tertiary/aromatic N) is 4. The van der Waals surface area contributed by atoms with E-state index in [9.17, 15) is 22.8 Å². The molecule has 1 atom stereocenters. The van der Waals surface area contributed by atoms with Gasteiger partial charge in [-0.1, -0.05) is 6.07 Å². The van der Waals surface area contributed by atoms with Gasteiger partial charge < -0.3 is 10.1 Å². The number of alkyl halides is 3. The van der Waals surface area contributed by atoms with E-state index in [4.69, 9.17) is 4.74 Å². The number of aryl methyl sites for hydroxylation is 2. The molecule has 38 heavy (non-hydrogen) atoms. The third-order valence-electron chi connectivity index (χ3n) is 6.38. The molecular formula is C26H23F4N5O3. The van der Waals surface area contributed by atoms with E-state index in [1.807, 2.05) is 6.92 Å². The molecule has 12 heteroatoms. The second kappa shape index (κ2) is 9.58. The SMILES string of the molecule is Cc1ccc2c(NC(=O)c3cc(F)c(-n4nc5n(c4=O)CCCC5)cc3O[C@@H](C)C(F)(F)F)cccc2n1. The minimum absolute atomic E-state index is 0.331. The van der Waals surface area contributed by atoms with Gasteiger partial charge in [0.1, 0.15) is 23.1 Å². The molecule has 1 aliphatic heterocycles. The highest BCUT2D eigenvalue weighted by Crippen LogP contribution is 2.32. The van der Waals surface area contributed by atoms with Crippen LogP contribution in [0, 0.1) is 12.7 Å². The molecule has 0 aliphatic carbocycles. The number of hydrogen-bond donors (Lipinski definition) is 1. The Bertz CT molecular complexity index is 1610. The van der Waals surface area contributed by atoms with E-state index in [1.54, 1.807) is 30.3 Å². The molecule has 3 heterocycles. The van der Waals surface area contributed by atoms with Crippen molar-refractivity contribution in [1.29, 1.82) is 0 Å². The standard InChI is InChI=1S/C26H23F4N5O3/c1-14-9-10-16-19(31-14)6-5-7-20(16)32-24(36)17-12-18(27)21(13-22(17)38-15(2)26(28,29)30)35-25(37)34-11-4-3-8-23(34)33-35/h5-7,9-10,12-13,15H,3-4,8,11H2,1-2H3,(H,32,36)/t15-/m0/s1. The molecule has 0 unspecified atom stereocenters. The van der Waals surface area contributed by atoms with Crippen molar-refractivity contribution in [1.82, 2.24) is 19.3 Å². The van der Waals surface area contributed by atoms with Crippen LogP contribution in [-0.4, -0.2) is 37.5 Å². The number of ether oxygens (including phenoxy) is 1. The molecule has 1 N–H and O–H groups in total. The highest BCUT2D eigenvalue weighted by Gasteiger charge is 2.39. The van der Waals surface area contributed by atoms with Crippen LogP contribution in [0.15, 0.2) is 47.3 Å². The molecule has 1 aliphatic rings. The Kier molecular flexibility index (Phi) is 6.41. The van der Waals surface area contributed by atoms with Gasteiger partial charge in [-0.3, -0.25) is 14.3 Å². The summed E-state index contributed by atoms with van der Waals surface area (Å²) in [6, 6.07) is 10.1. The van der Waals surface area contributed by atoms with Crippen LogP contribution < -0.4 is 15.7 Å². The summed E-state index contributed by atoms with van der Waals surface area (Å²) in [5, 5.41) is 7.38. The highest BCUT2D eigenvalue weighted by molar-refractivity contribution is 6.10. The molecule has 0 saturated carbocycles. The maximum absolute atomic E-state index is 15.4. The van der Waals surface area contributed by atoms with E-state index in [0.29, 0.717) is 35.4 Å². The van der Waals surface area contributed by atoms with Crippen LogP contribution >= 0.6 is 0 Å². The van der Waals surface area contributed by atoms with Gasteiger partial charge in [0.15, 0.2) is 6.10 Å². The Hall–Kier alpha value is -4.22. The number of fused-ring (bicyclic) bond motifs is 2. The molecule has 2 aromatic heterocycles. The third-order valence-corrected chi connectivity index (χ3v) is 6.38.